The molecule has 1 aliphatic heterocycles. The molecule has 0 aromatic rings. The van der Waals surface area contributed by atoms with E-state index >= 15 is 0 Å². The maximum absolute atomic E-state index is 13.8. The molecule has 4 nitrogen and oxygen atoms in total. The predicted molar refractivity (Wildman–Crippen MR) is 95.3 cm³/mol. The third-order valence-electron chi connectivity index (χ3n) is 5.23. The largest absolute Gasteiger partial charge is 0.457 e. The summed E-state index contributed by atoms with van der Waals surface area (Å²) < 4.78 is 60.4. The van der Waals surface area contributed by atoms with Gasteiger partial charge < -0.3 is 10.1 Å². The summed E-state index contributed by atoms with van der Waals surface area (Å²) in [7, 11) is 0. The predicted octanol–water partition coefficient (Wildman–Crippen LogP) is 4.94. The molecule has 28 heavy (non-hydrogen) atoms. The van der Waals surface area contributed by atoms with E-state index in [1.54, 1.807) is 34.6 Å². The number of dihydropyridines is 1. The highest BCUT2D eigenvalue weighted by atomic mass is 19.4. The SMILES string of the molecule is CC1=C(C#N)C(C2CCC(F)CC2C(F)(F)F)C(C(=O)OC(C)(C)C)=C(C)N1. The first-order valence-electron chi connectivity index (χ1n) is 9.29. The Morgan fingerprint density at radius 2 is 1.79 bits per heavy atom. The van der Waals surface area contributed by atoms with Gasteiger partial charge in [-0.05, 0) is 59.8 Å². The van der Waals surface area contributed by atoms with E-state index in [9.17, 15) is 27.6 Å². The summed E-state index contributed by atoms with van der Waals surface area (Å²) in [5.74, 6) is -4.87. The lowest BCUT2D eigenvalue weighted by Gasteiger charge is -2.42. The molecule has 0 spiro atoms. The Kier molecular flexibility index (Phi) is 6.17. The summed E-state index contributed by atoms with van der Waals surface area (Å²) in [6, 6.07) is 1.97. The van der Waals surface area contributed by atoms with Crippen molar-refractivity contribution < 1.29 is 27.1 Å². The van der Waals surface area contributed by atoms with Gasteiger partial charge in [-0.25, -0.2) is 9.18 Å². The van der Waals surface area contributed by atoms with Crippen LogP contribution in [-0.4, -0.2) is 23.9 Å². The molecule has 0 aromatic carbocycles. The van der Waals surface area contributed by atoms with Crippen LogP contribution in [0.2, 0.25) is 0 Å². The Labute approximate surface area is 162 Å². The average molecular weight is 402 g/mol. The molecule has 2 rings (SSSR count). The first kappa shape index (κ1) is 22.3. The van der Waals surface area contributed by atoms with E-state index in [0.29, 0.717) is 11.4 Å². The number of allylic oxidation sites excluding steroid dienone is 3. The highest BCUT2D eigenvalue weighted by Gasteiger charge is 2.53. The second kappa shape index (κ2) is 7.76. The first-order chi connectivity index (χ1) is 12.8. The summed E-state index contributed by atoms with van der Waals surface area (Å²) in [6.45, 7) is 8.14. The van der Waals surface area contributed by atoms with Gasteiger partial charge in [0.2, 0.25) is 0 Å². The number of hydrogen-bond donors (Lipinski definition) is 1. The van der Waals surface area contributed by atoms with Gasteiger partial charge in [0.05, 0.1) is 23.1 Å². The van der Waals surface area contributed by atoms with Gasteiger partial charge in [0.1, 0.15) is 11.8 Å². The van der Waals surface area contributed by atoms with Crippen LogP contribution in [-0.2, 0) is 9.53 Å². The number of rotatable bonds is 2. The number of ether oxygens (including phenoxy) is 1. The molecule has 0 aromatic heterocycles. The van der Waals surface area contributed by atoms with E-state index < -0.39 is 48.1 Å². The van der Waals surface area contributed by atoms with Gasteiger partial charge in [-0.1, -0.05) is 0 Å². The molecule has 1 heterocycles. The van der Waals surface area contributed by atoms with Crippen molar-refractivity contribution in [3.8, 4) is 6.07 Å². The summed E-state index contributed by atoms with van der Waals surface area (Å²) in [6.07, 6.45) is -6.92. The maximum atomic E-state index is 13.8. The van der Waals surface area contributed by atoms with Gasteiger partial charge in [-0.2, -0.15) is 18.4 Å². The summed E-state index contributed by atoms with van der Waals surface area (Å²) in [4.78, 5) is 12.9. The quantitative estimate of drug-likeness (QED) is 0.525. The molecule has 4 atom stereocenters. The van der Waals surface area contributed by atoms with Crippen molar-refractivity contribution in [3.63, 3.8) is 0 Å². The third kappa shape index (κ3) is 4.68. The molecular weight excluding hydrogens is 376 g/mol. The molecule has 0 bridgehead atoms. The number of nitrogens with zero attached hydrogens (tertiary/aromatic N) is 1. The zero-order chi connectivity index (χ0) is 21.4. The third-order valence-corrected chi connectivity index (χ3v) is 5.23. The topological polar surface area (TPSA) is 62.1 Å². The minimum Gasteiger partial charge on any atom is -0.457 e. The lowest BCUT2D eigenvalue weighted by atomic mass is 9.65. The second-order valence-electron chi connectivity index (χ2n) is 8.52. The average Bonchev–Trinajstić information content (AvgIpc) is 2.51. The van der Waals surface area contributed by atoms with E-state index in [1.165, 1.54) is 0 Å². The Morgan fingerprint density at radius 1 is 1.18 bits per heavy atom. The fourth-order valence-corrected chi connectivity index (χ4v) is 4.14. The molecule has 0 saturated heterocycles. The van der Waals surface area contributed by atoms with E-state index in [1.807, 2.05) is 6.07 Å². The molecule has 8 heteroatoms. The number of halogens is 4. The molecule has 1 aliphatic carbocycles. The summed E-state index contributed by atoms with van der Waals surface area (Å²) >= 11 is 0. The van der Waals surface area contributed by atoms with E-state index in [2.05, 4.69) is 5.32 Å². The van der Waals surface area contributed by atoms with Crippen LogP contribution in [0.15, 0.2) is 22.5 Å². The van der Waals surface area contributed by atoms with Crippen LogP contribution >= 0.6 is 0 Å². The van der Waals surface area contributed by atoms with Crippen molar-refractivity contribution in [2.24, 2.45) is 17.8 Å². The highest BCUT2D eigenvalue weighted by molar-refractivity contribution is 5.91. The van der Waals surface area contributed by atoms with Crippen LogP contribution in [0.25, 0.3) is 0 Å². The fourth-order valence-electron chi connectivity index (χ4n) is 4.14. The molecule has 0 amide bonds. The Morgan fingerprint density at radius 3 is 2.29 bits per heavy atom. The fraction of sp³-hybridized carbons (Fsp3) is 0.700. The minimum absolute atomic E-state index is 0.0219. The van der Waals surface area contributed by atoms with Crippen LogP contribution in [0.3, 0.4) is 0 Å². The standard InChI is InChI=1S/C20H26F4N2O2/c1-10-14(9-25)17(13-7-6-12(21)8-15(13)20(22,23)24)16(11(2)26-10)18(27)28-19(3,4)5/h12-13,15,17,26H,6-8H2,1-5H3. The van der Waals surface area contributed by atoms with Crippen molar-refractivity contribution in [2.75, 3.05) is 0 Å². The number of alkyl halides is 4. The van der Waals surface area contributed by atoms with Crippen LogP contribution in [0.4, 0.5) is 17.6 Å². The van der Waals surface area contributed by atoms with Gasteiger partial charge in [0.15, 0.2) is 0 Å². The number of hydrogen-bond acceptors (Lipinski definition) is 4. The van der Waals surface area contributed by atoms with Crippen LogP contribution < -0.4 is 5.32 Å². The highest BCUT2D eigenvalue weighted by Crippen LogP contribution is 2.50. The Bertz CT molecular complexity index is 741. The zero-order valence-corrected chi connectivity index (χ0v) is 16.7. The Hall–Kier alpha value is -2.04. The van der Waals surface area contributed by atoms with Crippen LogP contribution in [0.5, 0.6) is 0 Å². The smallest absolute Gasteiger partial charge is 0.392 e. The van der Waals surface area contributed by atoms with Gasteiger partial charge in [-0.15, -0.1) is 0 Å². The lowest BCUT2D eigenvalue weighted by molar-refractivity contribution is -0.205. The summed E-state index contributed by atoms with van der Waals surface area (Å²) in [5.41, 5.74) is 0.00843. The molecule has 1 fully saturated rings. The van der Waals surface area contributed by atoms with Crippen LogP contribution in [0.1, 0.15) is 53.9 Å². The summed E-state index contributed by atoms with van der Waals surface area (Å²) in [5, 5.41) is 12.6. The second-order valence-corrected chi connectivity index (χ2v) is 8.52. The monoisotopic (exact) mass is 402 g/mol. The Balaban J connectivity index is 2.57. The number of nitrogens with one attached hydrogen (secondary N) is 1. The maximum Gasteiger partial charge on any atom is 0.392 e. The van der Waals surface area contributed by atoms with E-state index in [-0.39, 0.29) is 24.0 Å². The molecular formula is C20H26F4N2O2. The van der Waals surface area contributed by atoms with Crippen molar-refractivity contribution in [1.82, 2.24) is 5.32 Å². The van der Waals surface area contributed by atoms with E-state index in [0.717, 1.165) is 0 Å². The van der Waals surface area contributed by atoms with Crippen LogP contribution in [0, 0.1) is 29.1 Å². The van der Waals surface area contributed by atoms with E-state index in [4.69, 9.17) is 4.74 Å². The molecule has 1 N–H and O–H groups in total. The lowest BCUT2D eigenvalue weighted by Crippen LogP contribution is -2.44. The van der Waals surface area contributed by atoms with Gasteiger partial charge >= 0.3 is 12.1 Å². The number of esters is 1. The molecule has 0 radical (unpaired) electrons. The van der Waals surface area contributed by atoms with Gasteiger partial charge in [-0.3, -0.25) is 0 Å². The zero-order valence-electron chi connectivity index (χ0n) is 16.7. The first-order valence-corrected chi connectivity index (χ1v) is 9.29. The molecule has 1 saturated carbocycles. The molecule has 2 aliphatic rings. The van der Waals surface area contributed by atoms with Crippen molar-refractivity contribution in [1.29, 1.82) is 5.26 Å². The number of nitriles is 1. The number of carbonyl (C=O) groups excluding carboxylic acids is 1. The minimum atomic E-state index is -4.62. The molecule has 4 unspecified atom stereocenters. The molecule has 156 valence electrons. The van der Waals surface area contributed by atoms with Gasteiger partial charge in [0.25, 0.3) is 0 Å². The van der Waals surface area contributed by atoms with Gasteiger partial charge in [0, 0.05) is 17.3 Å². The van der Waals surface area contributed by atoms with Crippen molar-refractivity contribution in [3.05, 3.63) is 22.5 Å². The van der Waals surface area contributed by atoms with Crippen molar-refractivity contribution in [2.45, 2.75) is 71.8 Å². The number of carbonyl (C=O) groups is 1. The normalized spacial score (nSPS) is 29.3. The van der Waals surface area contributed by atoms with Crippen molar-refractivity contribution >= 4 is 5.97 Å².